The first-order valence-corrected chi connectivity index (χ1v) is 5.80. The smallest absolute Gasteiger partial charge is 0.312 e. The van der Waals surface area contributed by atoms with Crippen molar-refractivity contribution in [2.45, 2.75) is 0 Å². The van der Waals surface area contributed by atoms with Crippen molar-refractivity contribution in [3.05, 3.63) is 0 Å². The summed E-state index contributed by atoms with van der Waals surface area (Å²) in [6.45, 7) is 4.72. The third kappa shape index (κ3) is 5.50. The van der Waals surface area contributed by atoms with Crippen LogP contribution in [0.3, 0.4) is 0 Å². The van der Waals surface area contributed by atoms with Crippen LogP contribution in [0.5, 0.6) is 0 Å². The van der Waals surface area contributed by atoms with Crippen molar-refractivity contribution in [1.82, 2.24) is 20.4 Å². The Hall–Kier alpha value is -1.34. The van der Waals surface area contributed by atoms with Gasteiger partial charge in [-0.1, -0.05) is 0 Å². The second kappa shape index (κ2) is 7.08. The number of likely N-dealkylation sites (N-methyl/N-ethyl adjacent to an activating group) is 1. The number of nitrogens with two attached hydrogens (primary N) is 1. The third-order valence-corrected chi connectivity index (χ3v) is 2.73. The highest BCUT2D eigenvalue weighted by Gasteiger charge is 2.17. The summed E-state index contributed by atoms with van der Waals surface area (Å²) in [5.74, 6) is 0.108. The van der Waals surface area contributed by atoms with Gasteiger partial charge < -0.3 is 26.2 Å². The molecule has 0 unspecified atom stereocenters. The van der Waals surface area contributed by atoms with Crippen LogP contribution >= 0.6 is 0 Å². The van der Waals surface area contributed by atoms with Gasteiger partial charge in [0.15, 0.2) is 0 Å². The number of carbonyl (C=O) groups excluding carboxylic acids is 2. The maximum atomic E-state index is 11.7. The van der Waals surface area contributed by atoms with Crippen LogP contribution in [0.25, 0.3) is 0 Å². The highest BCUT2D eigenvalue weighted by Crippen LogP contribution is 1.98. The molecular weight excluding hydrogens is 222 g/mol. The minimum absolute atomic E-state index is 0.108. The predicted molar refractivity (Wildman–Crippen MR) is 64.5 cm³/mol. The monoisotopic (exact) mass is 243 g/mol. The van der Waals surface area contributed by atoms with Crippen molar-refractivity contribution >= 4 is 11.9 Å². The molecule has 98 valence electrons. The molecule has 17 heavy (non-hydrogen) atoms. The SMILES string of the molecule is CN1CCN(C(=O)CNCCNC(N)=O)CC1. The average Bonchev–Trinajstić information content (AvgIpc) is 2.29. The highest BCUT2D eigenvalue weighted by atomic mass is 16.2. The molecule has 0 saturated carbocycles. The van der Waals surface area contributed by atoms with E-state index in [1.54, 1.807) is 0 Å². The summed E-state index contributed by atoms with van der Waals surface area (Å²) in [5.41, 5.74) is 4.91. The van der Waals surface area contributed by atoms with Gasteiger partial charge in [0, 0.05) is 39.3 Å². The van der Waals surface area contributed by atoms with E-state index in [-0.39, 0.29) is 5.91 Å². The number of hydrogen-bond acceptors (Lipinski definition) is 4. The first-order chi connectivity index (χ1) is 8.09. The van der Waals surface area contributed by atoms with Crippen LogP contribution in [-0.2, 0) is 4.79 Å². The van der Waals surface area contributed by atoms with Crippen LogP contribution in [0, 0.1) is 0 Å². The minimum Gasteiger partial charge on any atom is -0.352 e. The minimum atomic E-state index is -0.544. The van der Waals surface area contributed by atoms with E-state index < -0.39 is 6.03 Å². The Balaban J connectivity index is 2.06. The average molecular weight is 243 g/mol. The zero-order valence-corrected chi connectivity index (χ0v) is 10.2. The molecule has 0 aliphatic carbocycles. The number of amides is 3. The summed E-state index contributed by atoms with van der Waals surface area (Å²) in [6, 6.07) is -0.544. The summed E-state index contributed by atoms with van der Waals surface area (Å²) in [7, 11) is 2.05. The normalized spacial score (nSPS) is 16.9. The Morgan fingerprint density at radius 1 is 1.18 bits per heavy atom. The van der Waals surface area contributed by atoms with Crippen LogP contribution in [0.1, 0.15) is 0 Å². The molecule has 1 aliphatic rings. The first kappa shape index (κ1) is 13.7. The second-order valence-electron chi connectivity index (χ2n) is 4.15. The van der Waals surface area contributed by atoms with Gasteiger partial charge in [0.25, 0.3) is 0 Å². The number of urea groups is 1. The van der Waals surface area contributed by atoms with Gasteiger partial charge in [-0.3, -0.25) is 4.79 Å². The topological polar surface area (TPSA) is 90.7 Å². The van der Waals surface area contributed by atoms with E-state index in [2.05, 4.69) is 22.6 Å². The quantitative estimate of drug-likeness (QED) is 0.488. The Kier molecular flexibility index (Phi) is 5.71. The van der Waals surface area contributed by atoms with E-state index in [1.165, 1.54) is 0 Å². The lowest BCUT2D eigenvalue weighted by Gasteiger charge is -2.32. The molecule has 4 N–H and O–H groups in total. The van der Waals surface area contributed by atoms with Gasteiger partial charge in [-0.25, -0.2) is 4.79 Å². The molecule has 7 nitrogen and oxygen atoms in total. The Bertz CT molecular complexity index is 263. The van der Waals surface area contributed by atoms with Crippen molar-refractivity contribution in [1.29, 1.82) is 0 Å². The summed E-state index contributed by atoms with van der Waals surface area (Å²) in [6.07, 6.45) is 0. The van der Waals surface area contributed by atoms with Gasteiger partial charge in [-0.15, -0.1) is 0 Å². The van der Waals surface area contributed by atoms with E-state index in [0.29, 0.717) is 19.6 Å². The fraction of sp³-hybridized carbons (Fsp3) is 0.800. The maximum absolute atomic E-state index is 11.7. The van der Waals surface area contributed by atoms with Crippen molar-refractivity contribution in [2.24, 2.45) is 5.73 Å². The molecule has 1 rings (SSSR count). The zero-order chi connectivity index (χ0) is 12.7. The lowest BCUT2D eigenvalue weighted by molar-refractivity contribution is -0.131. The molecular formula is C10H21N5O2. The van der Waals surface area contributed by atoms with Crippen LogP contribution in [-0.4, -0.2) is 74.6 Å². The molecule has 1 fully saturated rings. The summed E-state index contributed by atoms with van der Waals surface area (Å²) < 4.78 is 0. The molecule has 0 atom stereocenters. The molecule has 0 radical (unpaired) electrons. The molecule has 0 aromatic heterocycles. The molecule has 1 heterocycles. The van der Waals surface area contributed by atoms with E-state index in [9.17, 15) is 9.59 Å². The van der Waals surface area contributed by atoms with E-state index in [4.69, 9.17) is 5.73 Å². The van der Waals surface area contributed by atoms with E-state index >= 15 is 0 Å². The molecule has 0 aromatic rings. The largest absolute Gasteiger partial charge is 0.352 e. The summed E-state index contributed by atoms with van der Waals surface area (Å²) in [5, 5.41) is 5.42. The highest BCUT2D eigenvalue weighted by molar-refractivity contribution is 5.78. The number of rotatable bonds is 5. The fourth-order valence-corrected chi connectivity index (χ4v) is 1.64. The molecule has 0 aromatic carbocycles. The van der Waals surface area contributed by atoms with E-state index in [0.717, 1.165) is 26.2 Å². The van der Waals surface area contributed by atoms with Gasteiger partial charge >= 0.3 is 6.03 Å². The standard InChI is InChI=1S/C10H21N5O2/c1-14-4-6-15(7-5-14)9(16)8-12-2-3-13-10(11)17/h12H,2-8H2,1H3,(H3,11,13,17). The van der Waals surface area contributed by atoms with Gasteiger partial charge in [0.05, 0.1) is 6.54 Å². The fourth-order valence-electron chi connectivity index (χ4n) is 1.64. The summed E-state index contributed by atoms with van der Waals surface area (Å²) >= 11 is 0. The zero-order valence-electron chi connectivity index (χ0n) is 10.2. The van der Waals surface area contributed by atoms with Gasteiger partial charge in [0.1, 0.15) is 0 Å². The maximum Gasteiger partial charge on any atom is 0.312 e. The van der Waals surface area contributed by atoms with Crippen LogP contribution < -0.4 is 16.4 Å². The van der Waals surface area contributed by atoms with Crippen molar-refractivity contribution in [3.8, 4) is 0 Å². The van der Waals surface area contributed by atoms with Gasteiger partial charge in [-0.2, -0.15) is 0 Å². The number of carbonyl (C=O) groups is 2. The Morgan fingerprint density at radius 3 is 2.41 bits per heavy atom. The molecule has 3 amide bonds. The predicted octanol–water partition coefficient (Wildman–Crippen LogP) is -1.98. The molecule has 1 saturated heterocycles. The van der Waals surface area contributed by atoms with Crippen LogP contribution in [0.15, 0.2) is 0 Å². The molecule has 0 spiro atoms. The second-order valence-corrected chi connectivity index (χ2v) is 4.15. The number of primary amides is 1. The molecule has 7 heteroatoms. The van der Waals surface area contributed by atoms with Crippen LogP contribution in [0.4, 0.5) is 4.79 Å². The van der Waals surface area contributed by atoms with Gasteiger partial charge in [0.2, 0.25) is 5.91 Å². The van der Waals surface area contributed by atoms with Gasteiger partial charge in [-0.05, 0) is 7.05 Å². The molecule has 1 aliphatic heterocycles. The number of nitrogens with one attached hydrogen (secondary N) is 2. The number of hydrogen-bond donors (Lipinski definition) is 3. The Labute approximate surface area is 101 Å². The van der Waals surface area contributed by atoms with Crippen LogP contribution in [0.2, 0.25) is 0 Å². The third-order valence-electron chi connectivity index (χ3n) is 2.73. The van der Waals surface area contributed by atoms with Crippen molar-refractivity contribution in [3.63, 3.8) is 0 Å². The Morgan fingerprint density at radius 2 is 1.82 bits per heavy atom. The van der Waals surface area contributed by atoms with Crippen molar-refractivity contribution in [2.75, 3.05) is 52.9 Å². The number of piperazine rings is 1. The number of nitrogens with zero attached hydrogens (tertiary/aromatic N) is 2. The lowest BCUT2D eigenvalue weighted by Crippen LogP contribution is -2.50. The molecule has 0 bridgehead atoms. The van der Waals surface area contributed by atoms with Crippen molar-refractivity contribution < 1.29 is 9.59 Å². The lowest BCUT2D eigenvalue weighted by atomic mass is 10.3. The van der Waals surface area contributed by atoms with E-state index in [1.807, 2.05) is 4.90 Å². The first-order valence-electron chi connectivity index (χ1n) is 5.80. The summed E-state index contributed by atoms with van der Waals surface area (Å²) in [4.78, 5) is 26.2.